The van der Waals surface area contributed by atoms with Crippen LogP contribution in [0.3, 0.4) is 0 Å². The van der Waals surface area contributed by atoms with Gasteiger partial charge in [-0.3, -0.25) is 9.59 Å². The summed E-state index contributed by atoms with van der Waals surface area (Å²) in [5.41, 5.74) is 2.28. The van der Waals surface area contributed by atoms with Gasteiger partial charge in [-0.1, -0.05) is 6.92 Å². The van der Waals surface area contributed by atoms with Gasteiger partial charge in [-0.2, -0.15) is 0 Å². The van der Waals surface area contributed by atoms with E-state index in [0.29, 0.717) is 55.3 Å². The minimum atomic E-state index is -0.517. The average Bonchev–Trinajstić information content (AvgIpc) is 3.16. The van der Waals surface area contributed by atoms with Crippen LogP contribution >= 0.6 is 11.3 Å². The molecule has 30 heavy (non-hydrogen) atoms. The molecule has 0 unspecified atom stereocenters. The number of piperidine rings is 1. The first-order valence-electron chi connectivity index (χ1n) is 10.8. The maximum absolute atomic E-state index is 13.2. The van der Waals surface area contributed by atoms with Gasteiger partial charge in [0.05, 0.1) is 24.7 Å². The van der Waals surface area contributed by atoms with Crippen LogP contribution in [0, 0.1) is 5.92 Å². The number of thiophene rings is 1. The molecule has 3 aliphatic rings. The standard InChI is InChI=1S/C24H27NO4S/c1-15-3-5-17-19(14-30-22(17)11-15)23(27)25-9-7-24(8-10-25)13-20(26)18-6-4-16(28-2)12-21(18)29-24/h4,6,12,14-15H,3,5,7-11,13H2,1-2H3/t15-/m0/s1. The van der Waals surface area contributed by atoms with E-state index in [9.17, 15) is 9.59 Å². The molecule has 1 aromatic carbocycles. The molecule has 0 N–H and O–H groups in total. The monoisotopic (exact) mass is 425 g/mol. The van der Waals surface area contributed by atoms with Crippen LogP contribution < -0.4 is 9.47 Å². The van der Waals surface area contributed by atoms with Crippen LogP contribution in [0.2, 0.25) is 0 Å². The van der Waals surface area contributed by atoms with E-state index in [1.54, 1.807) is 36.6 Å². The van der Waals surface area contributed by atoms with E-state index in [1.165, 1.54) is 10.4 Å². The first-order valence-corrected chi connectivity index (χ1v) is 11.6. The second-order valence-corrected chi connectivity index (χ2v) is 9.90. The molecule has 1 aromatic heterocycles. The summed E-state index contributed by atoms with van der Waals surface area (Å²) in [7, 11) is 1.61. The smallest absolute Gasteiger partial charge is 0.254 e. The summed E-state index contributed by atoms with van der Waals surface area (Å²) in [5, 5.41) is 2.05. The number of hydrogen-bond donors (Lipinski definition) is 0. The van der Waals surface area contributed by atoms with Crippen LogP contribution in [-0.4, -0.2) is 42.4 Å². The van der Waals surface area contributed by atoms with Crippen molar-refractivity contribution in [2.24, 2.45) is 5.92 Å². The van der Waals surface area contributed by atoms with Gasteiger partial charge in [0.15, 0.2) is 5.78 Å². The summed E-state index contributed by atoms with van der Waals surface area (Å²) >= 11 is 1.74. The molecule has 6 heteroatoms. The number of amides is 1. The maximum Gasteiger partial charge on any atom is 0.254 e. The van der Waals surface area contributed by atoms with Gasteiger partial charge in [0, 0.05) is 42.3 Å². The number of fused-ring (bicyclic) bond motifs is 2. The number of nitrogens with zero attached hydrogens (tertiary/aromatic N) is 1. The molecule has 158 valence electrons. The van der Waals surface area contributed by atoms with Crippen molar-refractivity contribution in [2.75, 3.05) is 20.2 Å². The molecule has 5 nitrogen and oxygen atoms in total. The molecule has 1 spiro atoms. The van der Waals surface area contributed by atoms with Gasteiger partial charge in [-0.15, -0.1) is 11.3 Å². The number of likely N-dealkylation sites (tertiary alicyclic amines) is 1. The zero-order chi connectivity index (χ0) is 20.9. The highest BCUT2D eigenvalue weighted by molar-refractivity contribution is 7.10. The van der Waals surface area contributed by atoms with Crippen molar-refractivity contribution in [3.05, 3.63) is 45.1 Å². The Labute approximate surface area is 181 Å². The van der Waals surface area contributed by atoms with Gasteiger partial charge in [0.25, 0.3) is 5.91 Å². The number of ether oxygens (including phenoxy) is 2. The predicted octanol–water partition coefficient (Wildman–Crippen LogP) is 4.52. The Kier molecular flexibility index (Phi) is 4.85. The van der Waals surface area contributed by atoms with Crippen molar-refractivity contribution >= 4 is 23.0 Å². The van der Waals surface area contributed by atoms with E-state index in [-0.39, 0.29) is 11.7 Å². The van der Waals surface area contributed by atoms with Crippen molar-refractivity contribution in [3.8, 4) is 11.5 Å². The molecule has 1 atom stereocenters. The van der Waals surface area contributed by atoms with E-state index in [1.807, 2.05) is 4.90 Å². The Bertz CT molecular complexity index is 1000. The second-order valence-electron chi connectivity index (χ2n) is 8.94. The van der Waals surface area contributed by atoms with Gasteiger partial charge >= 0.3 is 0 Å². The van der Waals surface area contributed by atoms with Crippen LogP contribution in [0.25, 0.3) is 0 Å². The summed E-state index contributed by atoms with van der Waals surface area (Å²) in [6.45, 7) is 3.52. The minimum absolute atomic E-state index is 0.111. The van der Waals surface area contributed by atoms with Crippen LogP contribution in [0.4, 0.5) is 0 Å². The molecular formula is C24H27NO4S. The van der Waals surface area contributed by atoms with E-state index < -0.39 is 5.60 Å². The van der Waals surface area contributed by atoms with Gasteiger partial charge < -0.3 is 14.4 Å². The molecule has 1 amide bonds. The number of carbonyl (C=O) groups is 2. The third-order valence-corrected chi connectivity index (χ3v) is 7.94. The fraction of sp³-hybridized carbons (Fsp3) is 0.500. The average molecular weight is 426 g/mol. The molecule has 2 aromatic rings. The van der Waals surface area contributed by atoms with E-state index in [0.717, 1.165) is 24.8 Å². The van der Waals surface area contributed by atoms with E-state index in [2.05, 4.69) is 12.3 Å². The Balaban J connectivity index is 1.31. The Hall–Kier alpha value is -2.34. The number of benzene rings is 1. The van der Waals surface area contributed by atoms with Crippen molar-refractivity contribution in [1.82, 2.24) is 4.90 Å². The molecule has 0 bridgehead atoms. The van der Waals surface area contributed by atoms with Gasteiger partial charge in [0.1, 0.15) is 17.1 Å². The molecule has 3 heterocycles. The normalized spacial score (nSPS) is 22.3. The number of ketones is 1. The fourth-order valence-corrected chi connectivity index (χ4v) is 6.26. The SMILES string of the molecule is COc1ccc2c(c1)OC1(CCN(C(=O)c3csc4c3CC[C@H](C)C4)CC1)CC2=O. The molecule has 0 radical (unpaired) electrons. The molecule has 2 aliphatic heterocycles. The lowest BCUT2D eigenvalue weighted by Crippen LogP contribution is -2.52. The van der Waals surface area contributed by atoms with E-state index in [4.69, 9.17) is 9.47 Å². The predicted molar refractivity (Wildman–Crippen MR) is 116 cm³/mol. The zero-order valence-corrected chi connectivity index (χ0v) is 18.3. The maximum atomic E-state index is 13.2. The highest BCUT2D eigenvalue weighted by Crippen LogP contribution is 2.41. The number of carbonyl (C=O) groups excluding carboxylic acids is 2. The first kappa shape index (κ1) is 19.6. The van der Waals surface area contributed by atoms with Crippen molar-refractivity contribution in [2.45, 2.75) is 51.0 Å². The lowest BCUT2D eigenvalue weighted by molar-refractivity contribution is -0.00582. The molecule has 1 fully saturated rings. The van der Waals surface area contributed by atoms with Crippen molar-refractivity contribution in [1.29, 1.82) is 0 Å². The van der Waals surface area contributed by atoms with Crippen LogP contribution in [-0.2, 0) is 12.8 Å². The third-order valence-electron chi connectivity index (χ3n) is 6.89. The number of Topliss-reactive ketones (excluding diaryl/α,β-unsaturated/α-hetero) is 1. The van der Waals surface area contributed by atoms with Gasteiger partial charge in [0.2, 0.25) is 0 Å². The molecule has 5 rings (SSSR count). The van der Waals surface area contributed by atoms with Crippen LogP contribution in [0.15, 0.2) is 23.6 Å². The summed E-state index contributed by atoms with van der Waals surface area (Å²) in [4.78, 5) is 29.3. The van der Waals surface area contributed by atoms with Crippen molar-refractivity contribution in [3.63, 3.8) is 0 Å². The Morgan fingerprint density at radius 1 is 1.30 bits per heavy atom. The Morgan fingerprint density at radius 2 is 2.10 bits per heavy atom. The number of methoxy groups -OCH3 is 1. The molecule has 1 aliphatic carbocycles. The van der Waals surface area contributed by atoms with Gasteiger partial charge in [-0.05, 0) is 42.9 Å². The lowest BCUT2D eigenvalue weighted by atomic mass is 9.82. The third kappa shape index (κ3) is 3.31. The number of rotatable bonds is 2. The zero-order valence-electron chi connectivity index (χ0n) is 17.5. The highest BCUT2D eigenvalue weighted by Gasteiger charge is 2.44. The minimum Gasteiger partial charge on any atom is -0.497 e. The second kappa shape index (κ2) is 7.41. The quantitative estimate of drug-likeness (QED) is 0.710. The van der Waals surface area contributed by atoms with E-state index >= 15 is 0 Å². The van der Waals surface area contributed by atoms with Crippen LogP contribution in [0.1, 0.15) is 63.8 Å². The van der Waals surface area contributed by atoms with Crippen LogP contribution in [0.5, 0.6) is 11.5 Å². The van der Waals surface area contributed by atoms with Crippen molar-refractivity contribution < 1.29 is 19.1 Å². The molecule has 1 saturated heterocycles. The molecule has 0 saturated carbocycles. The number of hydrogen-bond acceptors (Lipinski definition) is 5. The first-order chi connectivity index (χ1) is 14.5. The van der Waals surface area contributed by atoms with Gasteiger partial charge in [-0.25, -0.2) is 0 Å². The Morgan fingerprint density at radius 3 is 2.87 bits per heavy atom. The fourth-order valence-electron chi connectivity index (χ4n) is 5.02. The summed E-state index contributed by atoms with van der Waals surface area (Å²) in [6, 6.07) is 5.37. The summed E-state index contributed by atoms with van der Waals surface area (Å²) in [5.74, 6) is 2.24. The largest absolute Gasteiger partial charge is 0.497 e. The lowest BCUT2D eigenvalue weighted by Gasteiger charge is -2.44. The summed E-state index contributed by atoms with van der Waals surface area (Å²) in [6.07, 6.45) is 4.98. The highest BCUT2D eigenvalue weighted by atomic mass is 32.1. The summed E-state index contributed by atoms with van der Waals surface area (Å²) < 4.78 is 11.6. The topological polar surface area (TPSA) is 55.8 Å². The molecular weight excluding hydrogens is 398 g/mol.